The van der Waals surface area contributed by atoms with E-state index in [4.69, 9.17) is 0 Å². The van der Waals surface area contributed by atoms with Gasteiger partial charge in [-0.2, -0.15) is 0 Å². The molecule has 1 aromatic carbocycles. The number of hydrogen-bond donors (Lipinski definition) is 1. The van der Waals surface area contributed by atoms with E-state index in [2.05, 4.69) is 46.4 Å². The molecule has 0 aliphatic carbocycles. The quantitative estimate of drug-likeness (QED) is 0.366. The Morgan fingerprint density at radius 2 is 1.96 bits per heavy atom. The van der Waals surface area contributed by atoms with Crippen molar-refractivity contribution < 1.29 is 4.79 Å². The lowest BCUT2D eigenvalue weighted by atomic mass is 10.00. The van der Waals surface area contributed by atoms with Crippen LogP contribution in [0, 0.1) is 5.92 Å². The smallest absolute Gasteiger partial charge is 0.243 e. The van der Waals surface area contributed by atoms with Gasteiger partial charge < -0.3 is 15.1 Å². The standard InChI is InChI=1S/C19H30N4OS/c1-16-9-12-23(13-10-16)19(21-15-18(24)22(2)3)20-11-14-25-17-7-5-4-6-8-17/h4-8,16H,9-15H2,1-3H3,(H,20,21). The minimum Gasteiger partial charge on any atom is -0.355 e. The Labute approximate surface area is 155 Å². The lowest BCUT2D eigenvalue weighted by Crippen LogP contribution is -2.46. The Bertz CT molecular complexity index is 554. The second-order valence-electron chi connectivity index (χ2n) is 6.69. The van der Waals surface area contributed by atoms with E-state index in [0.717, 1.165) is 37.3 Å². The third-order valence-electron chi connectivity index (χ3n) is 4.34. The first-order valence-electron chi connectivity index (χ1n) is 8.97. The van der Waals surface area contributed by atoms with Crippen LogP contribution in [-0.4, -0.2) is 67.7 Å². The zero-order valence-corrected chi connectivity index (χ0v) is 16.4. The van der Waals surface area contributed by atoms with Crippen molar-refractivity contribution in [3.05, 3.63) is 30.3 Å². The summed E-state index contributed by atoms with van der Waals surface area (Å²) in [6.07, 6.45) is 2.36. The van der Waals surface area contributed by atoms with Crippen molar-refractivity contribution in [2.45, 2.75) is 24.7 Å². The highest BCUT2D eigenvalue weighted by molar-refractivity contribution is 7.99. The van der Waals surface area contributed by atoms with Gasteiger partial charge in [0.05, 0.1) is 0 Å². The highest BCUT2D eigenvalue weighted by Crippen LogP contribution is 2.17. The van der Waals surface area contributed by atoms with Crippen LogP contribution < -0.4 is 5.32 Å². The first-order chi connectivity index (χ1) is 12.1. The number of amides is 1. The fourth-order valence-electron chi connectivity index (χ4n) is 2.62. The van der Waals surface area contributed by atoms with E-state index in [1.807, 2.05) is 17.8 Å². The zero-order chi connectivity index (χ0) is 18.1. The first kappa shape index (κ1) is 19.6. The molecule has 1 heterocycles. The van der Waals surface area contributed by atoms with E-state index in [1.165, 1.54) is 17.7 Å². The Kier molecular flexibility index (Phi) is 8.12. The maximum Gasteiger partial charge on any atom is 0.243 e. The number of nitrogens with zero attached hydrogens (tertiary/aromatic N) is 3. The summed E-state index contributed by atoms with van der Waals surface area (Å²) in [5.41, 5.74) is 0. The van der Waals surface area contributed by atoms with Gasteiger partial charge in [0, 0.05) is 44.4 Å². The normalized spacial score (nSPS) is 16.0. The molecule has 25 heavy (non-hydrogen) atoms. The number of piperidine rings is 1. The number of thioether (sulfide) groups is 1. The van der Waals surface area contributed by atoms with Gasteiger partial charge in [-0.1, -0.05) is 25.1 Å². The van der Waals surface area contributed by atoms with Crippen molar-refractivity contribution in [2.24, 2.45) is 10.9 Å². The van der Waals surface area contributed by atoms with Crippen LogP contribution in [0.1, 0.15) is 19.8 Å². The van der Waals surface area contributed by atoms with Crippen LogP contribution in [0.25, 0.3) is 0 Å². The molecule has 1 saturated heterocycles. The number of benzene rings is 1. The molecule has 1 aromatic rings. The molecule has 1 aliphatic heterocycles. The van der Waals surface area contributed by atoms with E-state index < -0.39 is 0 Å². The molecule has 0 aromatic heterocycles. The van der Waals surface area contributed by atoms with Crippen molar-refractivity contribution in [3.8, 4) is 0 Å². The van der Waals surface area contributed by atoms with Crippen LogP contribution in [0.4, 0.5) is 0 Å². The summed E-state index contributed by atoms with van der Waals surface area (Å²) in [7, 11) is 3.54. The van der Waals surface area contributed by atoms with Crippen molar-refractivity contribution >= 4 is 23.6 Å². The number of guanidine groups is 1. The average Bonchev–Trinajstić information content (AvgIpc) is 2.62. The van der Waals surface area contributed by atoms with Gasteiger partial charge in [-0.25, -0.2) is 4.99 Å². The average molecular weight is 363 g/mol. The van der Waals surface area contributed by atoms with E-state index in [1.54, 1.807) is 19.0 Å². The van der Waals surface area contributed by atoms with Gasteiger partial charge in [0.25, 0.3) is 0 Å². The highest BCUT2D eigenvalue weighted by Gasteiger charge is 2.19. The first-order valence-corrected chi connectivity index (χ1v) is 9.96. The van der Waals surface area contributed by atoms with Gasteiger partial charge in [0.15, 0.2) is 5.96 Å². The summed E-state index contributed by atoms with van der Waals surface area (Å²) in [5.74, 6) is 2.64. The molecule has 0 unspecified atom stereocenters. The van der Waals surface area contributed by atoms with Gasteiger partial charge in [-0.3, -0.25) is 4.79 Å². The molecule has 0 radical (unpaired) electrons. The maximum atomic E-state index is 11.9. The molecule has 0 saturated carbocycles. The summed E-state index contributed by atoms with van der Waals surface area (Å²) in [4.78, 5) is 21.6. The minimum absolute atomic E-state index is 0.0309. The molecule has 0 bridgehead atoms. The minimum atomic E-state index is 0.0309. The molecular formula is C19H30N4OS. The Hall–Kier alpha value is -1.69. The number of rotatable bonds is 6. The maximum absolute atomic E-state index is 11.9. The zero-order valence-electron chi connectivity index (χ0n) is 15.6. The summed E-state index contributed by atoms with van der Waals surface area (Å²) in [6, 6.07) is 10.4. The SMILES string of the molecule is CC1CCN(C(=NCC(=O)N(C)C)NCCSc2ccccc2)CC1. The third kappa shape index (κ3) is 6.98. The number of likely N-dealkylation sites (N-methyl/N-ethyl adjacent to an activating group) is 1. The van der Waals surface area contributed by atoms with Crippen molar-refractivity contribution in [2.75, 3.05) is 46.0 Å². The van der Waals surface area contributed by atoms with E-state index in [-0.39, 0.29) is 12.5 Å². The molecule has 1 amide bonds. The van der Waals surface area contributed by atoms with Crippen LogP contribution in [-0.2, 0) is 4.79 Å². The Morgan fingerprint density at radius 3 is 2.60 bits per heavy atom. The van der Waals surface area contributed by atoms with Crippen LogP contribution >= 0.6 is 11.8 Å². The predicted octanol–water partition coefficient (Wildman–Crippen LogP) is 2.54. The number of carbonyl (C=O) groups is 1. The molecule has 1 N–H and O–H groups in total. The number of aliphatic imine (C=N–C) groups is 1. The van der Waals surface area contributed by atoms with Crippen molar-refractivity contribution in [3.63, 3.8) is 0 Å². The second kappa shape index (κ2) is 10.3. The summed E-state index contributed by atoms with van der Waals surface area (Å²) >= 11 is 1.83. The number of likely N-dealkylation sites (tertiary alicyclic amines) is 1. The molecule has 2 rings (SSSR count). The molecule has 0 atom stereocenters. The number of nitrogens with one attached hydrogen (secondary N) is 1. The topological polar surface area (TPSA) is 47.9 Å². The van der Waals surface area contributed by atoms with Gasteiger partial charge in [-0.15, -0.1) is 11.8 Å². The Balaban J connectivity index is 1.87. The van der Waals surface area contributed by atoms with Crippen LogP contribution in [0.3, 0.4) is 0 Å². The number of hydrogen-bond acceptors (Lipinski definition) is 3. The summed E-state index contributed by atoms with van der Waals surface area (Å²) in [6.45, 7) is 5.35. The lowest BCUT2D eigenvalue weighted by Gasteiger charge is -2.33. The second-order valence-corrected chi connectivity index (χ2v) is 7.85. The molecule has 5 nitrogen and oxygen atoms in total. The van der Waals surface area contributed by atoms with E-state index in [9.17, 15) is 4.79 Å². The Morgan fingerprint density at radius 1 is 1.28 bits per heavy atom. The van der Waals surface area contributed by atoms with E-state index in [0.29, 0.717) is 0 Å². The van der Waals surface area contributed by atoms with Gasteiger partial charge in [0.2, 0.25) is 5.91 Å². The molecular weight excluding hydrogens is 332 g/mol. The predicted molar refractivity (Wildman–Crippen MR) is 106 cm³/mol. The molecule has 138 valence electrons. The fraction of sp³-hybridized carbons (Fsp3) is 0.579. The molecule has 6 heteroatoms. The molecule has 1 fully saturated rings. The van der Waals surface area contributed by atoms with Crippen LogP contribution in [0.2, 0.25) is 0 Å². The lowest BCUT2D eigenvalue weighted by molar-refractivity contribution is -0.127. The number of carbonyl (C=O) groups excluding carboxylic acids is 1. The monoisotopic (exact) mass is 362 g/mol. The summed E-state index contributed by atoms with van der Waals surface area (Å²) in [5, 5.41) is 3.45. The van der Waals surface area contributed by atoms with Crippen molar-refractivity contribution in [1.29, 1.82) is 0 Å². The van der Waals surface area contributed by atoms with Gasteiger partial charge >= 0.3 is 0 Å². The molecule has 0 spiro atoms. The van der Waals surface area contributed by atoms with Gasteiger partial charge in [0.1, 0.15) is 6.54 Å². The third-order valence-corrected chi connectivity index (χ3v) is 5.36. The van der Waals surface area contributed by atoms with Crippen molar-refractivity contribution in [1.82, 2.24) is 15.1 Å². The summed E-state index contributed by atoms with van der Waals surface area (Å²) < 4.78 is 0. The largest absolute Gasteiger partial charge is 0.355 e. The molecule has 1 aliphatic rings. The van der Waals surface area contributed by atoms with E-state index >= 15 is 0 Å². The van der Waals surface area contributed by atoms with Crippen LogP contribution in [0.15, 0.2) is 40.2 Å². The highest BCUT2D eigenvalue weighted by atomic mass is 32.2. The van der Waals surface area contributed by atoms with Gasteiger partial charge in [-0.05, 0) is 30.9 Å². The van der Waals surface area contributed by atoms with Crippen LogP contribution in [0.5, 0.6) is 0 Å². The fourth-order valence-corrected chi connectivity index (χ4v) is 3.41.